The SMILES string of the molecule is CC(=O)NC(CC(=O)Nc1ccc(CC#N)cc1)c1cccs1. The summed E-state index contributed by atoms with van der Waals surface area (Å²) >= 11 is 1.50. The maximum absolute atomic E-state index is 12.2. The van der Waals surface area contributed by atoms with Crippen molar-refractivity contribution in [1.29, 1.82) is 5.26 Å². The molecule has 1 atom stereocenters. The molecule has 0 saturated carbocycles. The van der Waals surface area contributed by atoms with E-state index in [1.54, 1.807) is 12.1 Å². The van der Waals surface area contributed by atoms with Gasteiger partial charge in [-0.15, -0.1) is 11.3 Å². The van der Waals surface area contributed by atoms with E-state index in [1.807, 2.05) is 29.6 Å². The highest BCUT2D eigenvalue weighted by Crippen LogP contribution is 2.22. The number of hydrogen-bond acceptors (Lipinski definition) is 4. The Hall–Kier alpha value is -2.65. The molecule has 1 aromatic carbocycles. The van der Waals surface area contributed by atoms with Crippen molar-refractivity contribution in [3.05, 3.63) is 52.2 Å². The first-order valence-corrected chi connectivity index (χ1v) is 8.02. The van der Waals surface area contributed by atoms with Gasteiger partial charge in [0.25, 0.3) is 0 Å². The van der Waals surface area contributed by atoms with E-state index in [1.165, 1.54) is 18.3 Å². The van der Waals surface area contributed by atoms with E-state index in [0.717, 1.165) is 10.4 Å². The van der Waals surface area contributed by atoms with Gasteiger partial charge in [-0.05, 0) is 29.1 Å². The van der Waals surface area contributed by atoms with Crippen LogP contribution < -0.4 is 10.6 Å². The van der Waals surface area contributed by atoms with Crippen LogP contribution in [0.2, 0.25) is 0 Å². The van der Waals surface area contributed by atoms with E-state index in [4.69, 9.17) is 5.26 Å². The van der Waals surface area contributed by atoms with Crippen molar-refractivity contribution in [3.8, 4) is 6.07 Å². The summed E-state index contributed by atoms with van der Waals surface area (Å²) in [4.78, 5) is 24.5. The fourth-order valence-corrected chi connectivity index (χ4v) is 2.93. The minimum Gasteiger partial charge on any atom is -0.348 e. The molecule has 6 heteroatoms. The second kappa shape index (κ2) is 8.11. The summed E-state index contributed by atoms with van der Waals surface area (Å²) < 4.78 is 0. The van der Waals surface area contributed by atoms with Gasteiger partial charge in [-0.3, -0.25) is 9.59 Å². The van der Waals surface area contributed by atoms with E-state index in [-0.39, 0.29) is 24.3 Å². The van der Waals surface area contributed by atoms with E-state index >= 15 is 0 Å². The predicted molar refractivity (Wildman–Crippen MR) is 89.9 cm³/mol. The van der Waals surface area contributed by atoms with Crippen LogP contribution in [0.4, 0.5) is 5.69 Å². The van der Waals surface area contributed by atoms with Crippen LogP contribution in [0.3, 0.4) is 0 Å². The van der Waals surface area contributed by atoms with Crippen LogP contribution in [-0.2, 0) is 16.0 Å². The zero-order valence-electron chi connectivity index (χ0n) is 12.7. The Morgan fingerprint density at radius 2 is 2.00 bits per heavy atom. The minimum absolute atomic E-state index is 0.167. The number of benzene rings is 1. The predicted octanol–water partition coefficient (Wildman–Crippen LogP) is 3.02. The van der Waals surface area contributed by atoms with Crippen LogP contribution in [0.5, 0.6) is 0 Å². The van der Waals surface area contributed by atoms with Gasteiger partial charge in [0.1, 0.15) is 0 Å². The van der Waals surface area contributed by atoms with E-state index in [0.29, 0.717) is 12.1 Å². The molecule has 1 aromatic heterocycles. The minimum atomic E-state index is -0.328. The van der Waals surface area contributed by atoms with Gasteiger partial charge in [0.15, 0.2) is 0 Å². The number of nitriles is 1. The molecule has 0 radical (unpaired) electrons. The first-order valence-electron chi connectivity index (χ1n) is 7.14. The summed E-state index contributed by atoms with van der Waals surface area (Å²) in [5.41, 5.74) is 1.57. The van der Waals surface area contributed by atoms with Crippen molar-refractivity contribution in [2.75, 3.05) is 5.32 Å². The first kappa shape index (κ1) is 16.7. The molecule has 0 spiro atoms. The molecule has 1 heterocycles. The van der Waals surface area contributed by atoms with Crippen LogP contribution in [-0.4, -0.2) is 11.8 Å². The second-order valence-electron chi connectivity index (χ2n) is 5.05. The van der Waals surface area contributed by atoms with Gasteiger partial charge in [0, 0.05) is 17.5 Å². The molecule has 2 N–H and O–H groups in total. The maximum atomic E-state index is 12.2. The highest BCUT2D eigenvalue weighted by molar-refractivity contribution is 7.10. The average Bonchev–Trinajstić information content (AvgIpc) is 3.02. The summed E-state index contributed by atoms with van der Waals surface area (Å²) in [6, 6.07) is 12.7. The van der Waals surface area contributed by atoms with Gasteiger partial charge in [-0.2, -0.15) is 5.26 Å². The third-order valence-corrected chi connectivity index (χ3v) is 4.16. The Morgan fingerprint density at radius 1 is 1.26 bits per heavy atom. The number of hydrogen-bond donors (Lipinski definition) is 2. The molecule has 118 valence electrons. The fourth-order valence-electron chi connectivity index (χ4n) is 2.15. The second-order valence-corrected chi connectivity index (χ2v) is 6.03. The number of thiophene rings is 1. The third kappa shape index (κ3) is 5.24. The van der Waals surface area contributed by atoms with Crippen LogP contribution in [0.15, 0.2) is 41.8 Å². The molecule has 2 rings (SSSR count). The van der Waals surface area contributed by atoms with Crippen molar-refractivity contribution in [1.82, 2.24) is 5.32 Å². The van der Waals surface area contributed by atoms with Crippen molar-refractivity contribution in [3.63, 3.8) is 0 Å². The van der Waals surface area contributed by atoms with Crippen LogP contribution in [0, 0.1) is 11.3 Å². The highest BCUT2D eigenvalue weighted by atomic mass is 32.1. The molecular formula is C17H17N3O2S. The quantitative estimate of drug-likeness (QED) is 0.855. The standard InChI is InChI=1S/C17H17N3O2S/c1-12(21)19-15(16-3-2-10-23-16)11-17(22)20-14-6-4-13(5-7-14)8-9-18/h2-7,10,15H,8,11H2,1H3,(H,19,21)(H,20,22). The number of nitrogens with one attached hydrogen (secondary N) is 2. The lowest BCUT2D eigenvalue weighted by atomic mass is 10.1. The average molecular weight is 327 g/mol. The molecule has 0 aliphatic rings. The number of carbonyl (C=O) groups excluding carboxylic acids is 2. The zero-order chi connectivity index (χ0) is 16.7. The molecule has 2 aromatic rings. The number of nitrogens with zero attached hydrogens (tertiary/aromatic N) is 1. The lowest BCUT2D eigenvalue weighted by Crippen LogP contribution is -2.29. The first-order chi connectivity index (χ1) is 11.1. The lowest BCUT2D eigenvalue weighted by Gasteiger charge is -2.16. The van der Waals surface area contributed by atoms with Crippen LogP contribution in [0.1, 0.15) is 29.8 Å². The van der Waals surface area contributed by atoms with Crippen molar-refractivity contribution in [2.24, 2.45) is 0 Å². The Labute approximate surface area is 138 Å². The summed E-state index contributed by atoms with van der Waals surface area (Å²) in [6.07, 6.45) is 0.511. The van der Waals surface area contributed by atoms with Crippen LogP contribution >= 0.6 is 11.3 Å². The molecule has 1 unspecified atom stereocenters. The number of carbonyl (C=O) groups is 2. The molecule has 2 amide bonds. The Balaban J connectivity index is 1.98. The molecule has 0 saturated heterocycles. The molecule has 0 bridgehead atoms. The van der Waals surface area contributed by atoms with E-state index < -0.39 is 0 Å². The van der Waals surface area contributed by atoms with Gasteiger partial charge in [0.05, 0.1) is 25.0 Å². The zero-order valence-corrected chi connectivity index (χ0v) is 13.5. The summed E-state index contributed by atoms with van der Waals surface area (Å²) in [5, 5.41) is 16.2. The normalized spacial score (nSPS) is 11.3. The number of amides is 2. The van der Waals surface area contributed by atoms with Crippen molar-refractivity contribution in [2.45, 2.75) is 25.8 Å². The van der Waals surface area contributed by atoms with Crippen molar-refractivity contribution >= 4 is 28.8 Å². The molecule has 5 nitrogen and oxygen atoms in total. The Bertz CT molecular complexity index is 702. The smallest absolute Gasteiger partial charge is 0.226 e. The van der Waals surface area contributed by atoms with E-state index in [2.05, 4.69) is 16.7 Å². The van der Waals surface area contributed by atoms with Gasteiger partial charge in [-0.1, -0.05) is 18.2 Å². The van der Waals surface area contributed by atoms with E-state index in [9.17, 15) is 9.59 Å². The van der Waals surface area contributed by atoms with Crippen molar-refractivity contribution < 1.29 is 9.59 Å². The molecule has 23 heavy (non-hydrogen) atoms. The molecule has 0 fully saturated rings. The molecular weight excluding hydrogens is 310 g/mol. The van der Waals surface area contributed by atoms with Gasteiger partial charge < -0.3 is 10.6 Å². The number of anilines is 1. The van der Waals surface area contributed by atoms with Gasteiger partial charge in [-0.25, -0.2) is 0 Å². The summed E-state index contributed by atoms with van der Waals surface area (Å²) in [7, 11) is 0. The monoisotopic (exact) mass is 327 g/mol. The third-order valence-electron chi connectivity index (χ3n) is 3.17. The Morgan fingerprint density at radius 3 is 2.57 bits per heavy atom. The van der Waals surface area contributed by atoms with Gasteiger partial charge in [0.2, 0.25) is 11.8 Å². The van der Waals surface area contributed by atoms with Gasteiger partial charge >= 0.3 is 0 Å². The summed E-state index contributed by atoms with van der Waals surface area (Å²) in [6.45, 7) is 1.44. The molecule has 0 aliphatic carbocycles. The maximum Gasteiger partial charge on any atom is 0.226 e. The topological polar surface area (TPSA) is 82.0 Å². The summed E-state index contributed by atoms with van der Waals surface area (Å²) in [5.74, 6) is -0.345. The fraction of sp³-hybridized carbons (Fsp3) is 0.235. The molecule has 0 aliphatic heterocycles. The van der Waals surface area contributed by atoms with Crippen LogP contribution in [0.25, 0.3) is 0 Å². The highest BCUT2D eigenvalue weighted by Gasteiger charge is 2.18. The lowest BCUT2D eigenvalue weighted by molar-refractivity contribution is -0.120. The number of rotatable bonds is 6. The Kier molecular flexibility index (Phi) is 5.89. The largest absolute Gasteiger partial charge is 0.348 e.